The van der Waals surface area contributed by atoms with Gasteiger partial charge in [0.2, 0.25) is 0 Å². The molecule has 0 spiro atoms. The number of aryl methyl sites for hydroxylation is 3. The first-order valence-corrected chi connectivity index (χ1v) is 8.94. The zero-order chi connectivity index (χ0) is 20.4. The fraction of sp³-hybridized carbons (Fsp3) is 0.174. The van der Waals surface area contributed by atoms with Gasteiger partial charge in [-0.3, -0.25) is 10.1 Å². The van der Waals surface area contributed by atoms with E-state index in [0.717, 1.165) is 22.6 Å². The lowest BCUT2D eigenvalue weighted by molar-refractivity contribution is -0.384. The van der Waals surface area contributed by atoms with Crippen molar-refractivity contribution in [3.63, 3.8) is 0 Å². The molecule has 0 radical (unpaired) electrons. The SMILES string of the molecule is Cc1cc(C)cc(-n2c(C)cc(C=C(C#N)c3cccc([N+](=O)[O-])c3)c2C)c1. The van der Waals surface area contributed by atoms with Crippen molar-refractivity contribution in [1.82, 2.24) is 4.57 Å². The average Bonchev–Trinajstić information content (AvgIpc) is 2.92. The summed E-state index contributed by atoms with van der Waals surface area (Å²) in [5, 5.41) is 20.7. The van der Waals surface area contributed by atoms with Gasteiger partial charge in [-0.15, -0.1) is 0 Å². The normalized spacial score (nSPS) is 11.3. The van der Waals surface area contributed by atoms with E-state index >= 15 is 0 Å². The van der Waals surface area contributed by atoms with Crippen LogP contribution in [0, 0.1) is 49.1 Å². The number of hydrogen-bond donors (Lipinski definition) is 0. The second-order valence-electron chi connectivity index (χ2n) is 6.99. The summed E-state index contributed by atoms with van der Waals surface area (Å²) >= 11 is 0. The third-order valence-electron chi connectivity index (χ3n) is 4.72. The minimum Gasteiger partial charge on any atom is -0.318 e. The molecule has 1 heterocycles. The second-order valence-corrected chi connectivity index (χ2v) is 6.99. The minimum absolute atomic E-state index is 0.0284. The molecule has 5 heteroatoms. The van der Waals surface area contributed by atoms with Crippen LogP contribution in [0.25, 0.3) is 17.3 Å². The lowest BCUT2D eigenvalue weighted by Crippen LogP contribution is -2.00. The molecule has 2 aromatic carbocycles. The van der Waals surface area contributed by atoms with E-state index in [9.17, 15) is 15.4 Å². The molecular formula is C23H21N3O2. The van der Waals surface area contributed by atoms with E-state index in [2.05, 4.69) is 42.7 Å². The summed E-state index contributed by atoms with van der Waals surface area (Å²) < 4.78 is 2.16. The van der Waals surface area contributed by atoms with Gasteiger partial charge in [-0.25, -0.2) is 0 Å². The molecule has 0 saturated heterocycles. The molecule has 0 amide bonds. The maximum Gasteiger partial charge on any atom is 0.270 e. The van der Waals surface area contributed by atoms with Gasteiger partial charge in [0.05, 0.1) is 16.6 Å². The van der Waals surface area contributed by atoms with Crippen LogP contribution in [0.1, 0.15) is 33.6 Å². The van der Waals surface area contributed by atoms with Crippen LogP contribution >= 0.6 is 0 Å². The molecule has 0 aliphatic carbocycles. The molecule has 0 aliphatic heterocycles. The Balaban J connectivity index is 2.10. The van der Waals surface area contributed by atoms with Gasteiger partial charge in [0.25, 0.3) is 5.69 Å². The number of benzene rings is 2. The maximum atomic E-state index is 11.0. The monoisotopic (exact) mass is 371 g/mol. The first-order chi connectivity index (χ1) is 13.3. The van der Waals surface area contributed by atoms with Crippen molar-refractivity contribution in [1.29, 1.82) is 5.26 Å². The molecule has 0 N–H and O–H groups in total. The topological polar surface area (TPSA) is 71.9 Å². The van der Waals surface area contributed by atoms with Gasteiger partial charge in [0, 0.05) is 29.2 Å². The predicted octanol–water partition coefficient (Wildman–Crippen LogP) is 5.68. The highest BCUT2D eigenvalue weighted by molar-refractivity contribution is 5.90. The van der Waals surface area contributed by atoms with Crippen molar-refractivity contribution in [2.45, 2.75) is 27.7 Å². The molecule has 3 aromatic rings. The van der Waals surface area contributed by atoms with Crippen LogP contribution in [0.5, 0.6) is 0 Å². The molecule has 28 heavy (non-hydrogen) atoms. The van der Waals surface area contributed by atoms with Gasteiger partial charge in [-0.2, -0.15) is 5.26 Å². The molecule has 140 valence electrons. The van der Waals surface area contributed by atoms with Crippen LogP contribution in [0.2, 0.25) is 0 Å². The van der Waals surface area contributed by atoms with Gasteiger partial charge in [0.1, 0.15) is 0 Å². The van der Waals surface area contributed by atoms with Crippen LogP contribution in [-0.4, -0.2) is 9.49 Å². The Hall–Kier alpha value is -3.65. The number of nitrogens with zero attached hydrogens (tertiary/aromatic N) is 3. The van der Waals surface area contributed by atoms with Crippen molar-refractivity contribution in [2.75, 3.05) is 0 Å². The number of nitriles is 1. The van der Waals surface area contributed by atoms with Crippen molar-refractivity contribution < 1.29 is 4.92 Å². The summed E-state index contributed by atoms with van der Waals surface area (Å²) in [4.78, 5) is 10.6. The molecule has 5 nitrogen and oxygen atoms in total. The second kappa shape index (κ2) is 7.53. The highest BCUT2D eigenvalue weighted by atomic mass is 16.6. The summed E-state index contributed by atoms with van der Waals surface area (Å²) in [6, 6.07) is 16.8. The Morgan fingerprint density at radius 2 is 1.75 bits per heavy atom. The third kappa shape index (κ3) is 3.72. The van der Waals surface area contributed by atoms with Crippen molar-refractivity contribution in [3.05, 3.63) is 92.3 Å². The Kier molecular flexibility index (Phi) is 5.14. The fourth-order valence-corrected chi connectivity index (χ4v) is 3.53. The molecule has 0 atom stereocenters. The lowest BCUT2D eigenvalue weighted by Gasteiger charge is -2.12. The first kappa shape index (κ1) is 19.1. The largest absolute Gasteiger partial charge is 0.318 e. The number of nitro benzene ring substituents is 1. The highest BCUT2D eigenvalue weighted by Gasteiger charge is 2.13. The Bertz CT molecular complexity index is 1130. The van der Waals surface area contributed by atoms with E-state index in [-0.39, 0.29) is 5.69 Å². The predicted molar refractivity (Wildman–Crippen MR) is 111 cm³/mol. The first-order valence-electron chi connectivity index (χ1n) is 8.94. The molecule has 0 saturated carbocycles. The summed E-state index contributed by atoms with van der Waals surface area (Å²) in [5.74, 6) is 0. The van der Waals surface area contributed by atoms with E-state index in [1.54, 1.807) is 18.2 Å². The summed E-state index contributed by atoms with van der Waals surface area (Å²) in [6.45, 7) is 8.18. The smallest absolute Gasteiger partial charge is 0.270 e. The van der Waals surface area contributed by atoms with E-state index in [0.29, 0.717) is 11.1 Å². The van der Waals surface area contributed by atoms with Gasteiger partial charge in [-0.05, 0) is 74.2 Å². The molecule has 0 unspecified atom stereocenters. The van der Waals surface area contributed by atoms with E-state index in [1.807, 2.05) is 19.9 Å². The molecule has 0 aliphatic rings. The van der Waals surface area contributed by atoms with E-state index < -0.39 is 4.92 Å². The molecule has 0 bridgehead atoms. The Morgan fingerprint density at radius 3 is 2.36 bits per heavy atom. The summed E-state index contributed by atoms with van der Waals surface area (Å²) in [5.41, 5.74) is 7.35. The molecule has 3 rings (SSSR count). The van der Waals surface area contributed by atoms with Gasteiger partial charge in [0.15, 0.2) is 0 Å². The average molecular weight is 371 g/mol. The summed E-state index contributed by atoms with van der Waals surface area (Å²) in [6.07, 6.45) is 1.79. The number of aromatic nitrogens is 1. The van der Waals surface area contributed by atoms with Crippen molar-refractivity contribution in [2.24, 2.45) is 0 Å². The standard InChI is InChI=1S/C23H21N3O2/c1-15-8-16(2)10-23(9-15)25-17(3)11-20(18(25)4)12-21(14-24)19-6-5-7-22(13-19)26(27)28/h5-13H,1-4H3. The third-order valence-corrected chi connectivity index (χ3v) is 4.72. The van der Waals surface area contributed by atoms with Gasteiger partial charge >= 0.3 is 0 Å². The fourth-order valence-electron chi connectivity index (χ4n) is 3.53. The van der Waals surface area contributed by atoms with Crippen LogP contribution in [0.15, 0.2) is 48.5 Å². The van der Waals surface area contributed by atoms with Crippen LogP contribution in [-0.2, 0) is 0 Å². The van der Waals surface area contributed by atoms with Gasteiger partial charge in [-0.1, -0.05) is 18.2 Å². The van der Waals surface area contributed by atoms with Crippen molar-refractivity contribution in [3.8, 4) is 11.8 Å². The maximum absolute atomic E-state index is 11.0. The number of nitro groups is 1. The zero-order valence-corrected chi connectivity index (χ0v) is 16.4. The van der Waals surface area contributed by atoms with Crippen LogP contribution in [0.4, 0.5) is 5.69 Å². The number of rotatable bonds is 4. The molecule has 1 aromatic heterocycles. The Labute approximate surface area is 164 Å². The quantitative estimate of drug-likeness (QED) is 0.336. The minimum atomic E-state index is -0.454. The van der Waals surface area contributed by atoms with Crippen LogP contribution < -0.4 is 0 Å². The highest BCUT2D eigenvalue weighted by Crippen LogP contribution is 2.27. The van der Waals surface area contributed by atoms with Crippen LogP contribution in [0.3, 0.4) is 0 Å². The number of allylic oxidation sites excluding steroid dienone is 1. The van der Waals surface area contributed by atoms with E-state index in [1.165, 1.54) is 23.3 Å². The van der Waals surface area contributed by atoms with Crippen molar-refractivity contribution >= 4 is 17.3 Å². The Morgan fingerprint density at radius 1 is 1.07 bits per heavy atom. The molecule has 0 fully saturated rings. The van der Waals surface area contributed by atoms with E-state index in [4.69, 9.17) is 0 Å². The number of hydrogen-bond acceptors (Lipinski definition) is 3. The number of non-ortho nitro benzene ring substituents is 1. The lowest BCUT2D eigenvalue weighted by atomic mass is 10.0. The summed E-state index contributed by atoms with van der Waals surface area (Å²) in [7, 11) is 0. The van der Waals surface area contributed by atoms with Gasteiger partial charge < -0.3 is 4.57 Å². The molecular weight excluding hydrogens is 350 g/mol. The zero-order valence-electron chi connectivity index (χ0n) is 16.4.